The third kappa shape index (κ3) is 13.3. The molecular formula is C116H98BN3. The molecule has 0 saturated heterocycles. The minimum atomic E-state index is -0.312. The van der Waals surface area contributed by atoms with Crippen molar-refractivity contribution >= 4 is 107 Å². The average molecular weight is 1540 g/mol. The molecule has 0 fully saturated rings. The standard InChI is InChI=1S/C116H98BN3/c1-113(2,3)89-62-86-48-49-87-63-90(114(4,5)6)72-101-96(65-88(64-89)108(86)109(87)101)85-55-61-103-105(67-85)120(112-99(82-44-30-18-31-45-82)70-92(116(10,11)12)71-100(112)83-46-32-19-33-47-83)107-74-95(118(93-56-50-78(51-57-93)75-34-20-13-21-35-75)94-58-52-79(53-59-94)76-36-22-14-23-37-76)73-106-110(107)117(103)102-60-54-84(77-38-24-15-25-39-77)66-104(102)119(106)111-97(80-40-26-16-27-41-80)68-91(115(7,8)9)69-98(111)81-42-28-17-29-43-81/h13-74H,1-12H3. The van der Waals surface area contributed by atoms with E-state index in [0.717, 1.165) is 135 Å². The van der Waals surface area contributed by atoms with Gasteiger partial charge in [0.1, 0.15) is 0 Å². The summed E-state index contributed by atoms with van der Waals surface area (Å²) in [6.45, 7) is 28.0. The molecule has 120 heavy (non-hydrogen) atoms. The minimum Gasteiger partial charge on any atom is -0.310 e. The first-order valence-corrected chi connectivity index (χ1v) is 42.6. The molecule has 0 bridgehead atoms. The van der Waals surface area contributed by atoms with Crippen LogP contribution in [-0.2, 0) is 21.7 Å². The number of nitrogens with zero attached hydrogens (tertiary/aromatic N) is 3. The van der Waals surface area contributed by atoms with Crippen LogP contribution in [0.4, 0.5) is 51.2 Å². The molecule has 0 unspecified atom stereocenters. The Morgan fingerprint density at radius 1 is 0.217 bits per heavy atom. The molecule has 0 amide bonds. The summed E-state index contributed by atoms with van der Waals surface area (Å²) in [7, 11) is 0. The van der Waals surface area contributed by atoms with Crippen molar-refractivity contribution in [2.45, 2.75) is 105 Å². The zero-order chi connectivity index (χ0) is 82.1. The molecule has 0 spiro atoms. The van der Waals surface area contributed by atoms with Crippen LogP contribution in [0.1, 0.15) is 105 Å². The Hall–Kier alpha value is -13.5. The van der Waals surface area contributed by atoms with Crippen LogP contribution in [-0.4, -0.2) is 6.71 Å². The maximum Gasteiger partial charge on any atom is 0.252 e. The molecule has 2 aliphatic rings. The second-order valence-electron chi connectivity index (χ2n) is 37.3. The number of fused-ring (bicyclic) bond motifs is 4. The molecule has 0 aromatic heterocycles. The fourth-order valence-corrected chi connectivity index (χ4v) is 18.9. The quantitative estimate of drug-likeness (QED) is 0.0841. The van der Waals surface area contributed by atoms with E-state index in [2.05, 4.69) is 474 Å². The van der Waals surface area contributed by atoms with Gasteiger partial charge < -0.3 is 14.7 Å². The van der Waals surface area contributed by atoms with Gasteiger partial charge in [0.15, 0.2) is 0 Å². The third-order valence-corrected chi connectivity index (χ3v) is 25.3. The molecule has 0 aliphatic carbocycles. The molecular weight excluding hydrogens is 1450 g/mol. The lowest BCUT2D eigenvalue weighted by molar-refractivity contribution is 0.590. The highest BCUT2D eigenvalue weighted by Crippen LogP contribution is 2.58. The van der Waals surface area contributed by atoms with Crippen LogP contribution < -0.4 is 31.1 Å². The van der Waals surface area contributed by atoms with E-state index in [-0.39, 0.29) is 28.4 Å². The maximum atomic E-state index is 2.77. The van der Waals surface area contributed by atoms with E-state index >= 15 is 0 Å². The van der Waals surface area contributed by atoms with Crippen LogP contribution in [0.15, 0.2) is 376 Å². The lowest BCUT2D eigenvalue weighted by Crippen LogP contribution is -2.61. The first-order valence-electron chi connectivity index (χ1n) is 42.6. The van der Waals surface area contributed by atoms with E-state index in [1.54, 1.807) is 0 Å². The molecule has 18 aromatic rings. The van der Waals surface area contributed by atoms with Crippen molar-refractivity contribution in [3.05, 3.63) is 398 Å². The minimum absolute atomic E-state index is 0.0977. The monoisotopic (exact) mass is 1540 g/mol. The Balaban J connectivity index is 0.991. The molecule has 0 N–H and O–H groups in total. The van der Waals surface area contributed by atoms with Gasteiger partial charge in [-0.15, -0.1) is 0 Å². The third-order valence-electron chi connectivity index (χ3n) is 25.3. The predicted molar refractivity (Wildman–Crippen MR) is 517 cm³/mol. The van der Waals surface area contributed by atoms with Gasteiger partial charge >= 0.3 is 0 Å². The highest BCUT2D eigenvalue weighted by molar-refractivity contribution is 7.00. The van der Waals surface area contributed by atoms with E-state index in [1.165, 1.54) is 76.5 Å². The van der Waals surface area contributed by atoms with E-state index < -0.39 is 0 Å². The van der Waals surface area contributed by atoms with Crippen molar-refractivity contribution in [1.29, 1.82) is 0 Å². The van der Waals surface area contributed by atoms with Crippen LogP contribution in [0.3, 0.4) is 0 Å². The van der Waals surface area contributed by atoms with Gasteiger partial charge in [-0.3, -0.25) is 0 Å². The van der Waals surface area contributed by atoms with E-state index in [9.17, 15) is 0 Å². The molecule has 0 radical (unpaired) electrons. The predicted octanol–water partition coefficient (Wildman–Crippen LogP) is 30.7. The van der Waals surface area contributed by atoms with Gasteiger partial charge in [-0.05, 0) is 244 Å². The second kappa shape index (κ2) is 29.2. The Bertz CT molecular complexity index is 6730. The van der Waals surface area contributed by atoms with Crippen molar-refractivity contribution in [3.8, 4) is 89.0 Å². The zero-order valence-corrected chi connectivity index (χ0v) is 70.7. The van der Waals surface area contributed by atoms with Crippen molar-refractivity contribution in [2.75, 3.05) is 14.7 Å². The highest BCUT2D eigenvalue weighted by atomic mass is 15.2. The van der Waals surface area contributed by atoms with Crippen LogP contribution >= 0.6 is 0 Å². The van der Waals surface area contributed by atoms with Gasteiger partial charge in [0.05, 0.1) is 17.1 Å². The normalized spacial score (nSPS) is 12.8. The summed E-state index contributed by atoms with van der Waals surface area (Å²) in [6, 6.07) is 144. The van der Waals surface area contributed by atoms with Crippen molar-refractivity contribution in [1.82, 2.24) is 0 Å². The zero-order valence-electron chi connectivity index (χ0n) is 70.7. The van der Waals surface area contributed by atoms with Gasteiger partial charge in [0, 0.05) is 56.4 Å². The SMILES string of the molecule is CC(C)(C)c1cc(-c2ccccc2)c(N2c3cc(-c4ccccc4)ccc3B3c4ccc(-c5cc6cc(C(C)(C)C)cc7ccc8cc(C(C)(C)C)cc5c8c76)cc4N(c4c(-c5ccccc5)cc(C(C)(C)C)cc4-c4ccccc4)c4cc(N(c5ccc(-c6ccccc6)cc5)c5ccc(-c6ccccc6)cc5)cc2c43)c(-c2ccccc2)c1. The summed E-state index contributed by atoms with van der Waals surface area (Å²) in [6.07, 6.45) is 0. The number of benzene rings is 18. The Kier molecular flexibility index (Phi) is 18.3. The van der Waals surface area contributed by atoms with Crippen molar-refractivity contribution < 1.29 is 0 Å². The van der Waals surface area contributed by atoms with E-state index in [0.29, 0.717) is 0 Å². The molecule has 3 nitrogen and oxygen atoms in total. The summed E-state index contributed by atoms with van der Waals surface area (Å²) in [5.41, 5.74) is 36.1. The smallest absolute Gasteiger partial charge is 0.252 e. The number of hydrogen-bond acceptors (Lipinski definition) is 3. The fourth-order valence-electron chi connectivity index (χ4n) is 18.9. The van der Waals surface area contributed by atoms with Gasteiger partial charge in [-0.2, -0.15) is 0 Å². The van der Waals surface area contributed by atoms with Gasteiger partial charge in [0.25, 0.3) is 6.71 Å². The van der Waals surface area contributed by atoms with Gasteiger partial charge in [0.2, 0.25) is 0 Å². The Morgan fingerprint density at radius 2 is 0.517 bits per heavy atom. The van der Waals surface area contributed by atoms with Crippen molar-refractivity contribution in [2.24, 2.45) is 0 Å². The number of anilines is 9. The summed E-state index contributed by atoms with van der Waals surface area (Å²) < 4.78 is 0. The summed E-state index contributed by atoms with van der Waals surface area (Å²) in [5, 5.41) is 7.68. The molecule has 2 aliphatic heterocycles. The lowest BCUT2D eigenvalue weighted by Gasteiger charge is -2.46. The van der Waals surface area contributed by atoms with Crippen LogP contribution in [0.25, 0.3) is 121 Å². The first kappa shape index (κ1) is 75.2. The van der Waals surface area contributed by atoms with E-state index in [4.69, 9.17) is 0 Å². The van der Waals surface area contributed by atoms with Crippen molar-refractivity contribution in [3.63, 3.8) is 0 Å². The second-order valence-corrected chi connectivity index (χ2v) is 37.3. The molecule has 20 rings (SSSR count). The Labute approximate surface area is 708 Å². The molecule has 0 atom stereocenters. The molecule has 18 aromatic carbocycles. The van der Waals surface area contributed by atoms with Crippen LogP contribution in [0, 0.1) is 0 Å². The average Bonchev–Trinajstić information content (AvgIpc) is 0.689. The summed E-state index contributed by atoms with van der Waals surface area (Å²) in [4.78, 5) is 8.03. The number of rotatable bonds is 13. The van der Waals surface area contributed by atoms with Crippen LogP contribution in [0.5, 0.6) is 0 Å². The topological polar surface area (TPSA) is 9.72 Å². The first-order chi connectivity index (χ1) is 58.0. The maximum absolute atomic E-state index is 2.77. The molecule has 580 valence electrons. The fraction of sp³-hybridized carbons (Fsp3) is 0.138. The van der Waals surface area contributed by atoms with Gasteiger partial charge in [-0.25, -0.2) is 0 Å². The summed E-state index contributed by atoms with van der Waals surface area (Å²) in [5.74, 6) is 0. The largest absolute Gasteiger partial charge is 0.310 e. The summed E-state index contributed by atoms with van der Waals surface area (Å²) >= 11 is 0. The number of hydrogen-bond donors (Lipinski definition) is 0. The Morgan fingerprint density at radius 3 is 0.892 bits per heavy atom. The molecule has 2 heterocycles. The van der Waals surface area contributed by atoms with E-state index in [1.807, 2.05) is 0 Å². The highest BCUT2D eigenvalue weighted by Gasteiger charge is 2.47. The van der Waals surface area contributed by atoms with Crippen LogP contribution in [0.2, 0.25) is 0 Å². The molecule has 0 saturated carbocycles. The van der Waals surface area contributed by atoms with Gasteiger partial charge in [-0.1, -0.05) is 374 Å². The lowest BCUT2D eigenvalue weighted by atomic mass is 9.33. The molecule has 4 heteroatoms.